The summed E-state index contributed by atoms with van der Waals surface area (Å²) < 4.78 is 10.8. The minimum absolute atomic E-state index is 0. The minimum Gasteiger partial charge on any atom is -0.493 e. The van der Waals surface area contributed by atoms with Gasteiger partial charge in [-0.15, -0.1) is 35.3 Å². The molecule has 1 aromatic heterocycles. The number of benzene rings is 1. The van der Waals surface area contributed by atoms with E-state index in [4.69, 9.17) is 20.2 Å². The van der Waals surface area contributed by atoms with Gasteiger partial charge in [0.15, 0.2) is 22.6 Å². The zero-order chi connectivity index (χ0) is 20.8. The number of guanidine groups is 1. The summed E-state index contributed by atoms with van der Waals surface area (Å²) in [5, 5.41) is 3.08. The Labute approximate surface area is 199 Å². The van der Waals surface area contributed by atoms with E-state index in [1.165, 1.54) is 0 Å². The van der Waals surface area contributed by atoms with Gasteiger partial charge in [0.05, 0.1) is 26.8 Å². The third-order valence-corrected chi connectivity index (χ3v) is 5.97. The first-order chi connectivity index (χ1) is 14.0. The number of hydrogen-bond acceptors (Lipinski definition) is 7. The van der Waals surface area contributed by atoms with Gasteiger partial charge in [-0.3, -0.25) is 4.99 Å². The average molecular weight is 546 g/mol. The van der Waals surface area contributed by atoms with Crippen LogP contribution in [0.3, 0.4) is 0 Å². The van der Waals surface area contributed by atoms with Crippen LogP contribution in [0.4, 0.5) is 5.13 Å². The molecule has 0 radical (unpaired) electrons. The Morgan fingerprint density at radius 1 is 1.20 bits per heavy atom. The van der Waals surface area contributed by atoms with Crippen molar-refractivity contribution in [2.24, 2.45) is 10.7 Å². The molecule has 3 rings (SSSR count). The Morgan fingerprint density at radius 2 is 1.90 bits per heavy atom. The van der Waals surface area contributed by atoms with E-state index in [0.717, 1.165) is 42.6 Å². The molecule has 166 valence electrons. The van der Waals surface area contributed by atoms with Gasteiger partial charge in [0.1, 0.15) is 0 Å². The van der Waals surface area contributed by atoms with Crippen molar-refractivity contribution >= 4 is 46.4 Å². The highest BCUT2D eigenvalue weighted by Gasteiger charge is 2.21. The number of rotatable bonds is 7. The summed E-state index contributed by atoms with van der Waals surface area (Å²) in [7, 11) is 7.37. The molecule has 1 aromatic carbocycles. The van der Waals surface area contributed by atoms with Crippen LogP contribution < -0.4 is 20.1 Å². The summed E-state index contributed by atoms with van der Waals surface area (Å²) in [4.78, 5) is 15.7. The summed E-state index contributed by atoms with van der Waals surface area (Å²) >= 11 is 1.67. The maximum atomic E-state index is 6.32. The fourth-order valence-electron chi connectivity index (χ4n) is 3.41. The molecule has 1 saturated heterocycles. The van der Waals surface area contributed by atoms with E-state index in [1.54, 1.807) is 25.6 Å². The molecule has 0 bridgehead atoms. The molecule has 0 amide bonds. The molecule has 1 aliphatic rings. The van der Waals surface area contributed by atoms with Gasteiger partial charge in [-0.2, -0.15) is 0 Å². The molecule has 1 unspecified atom stereocenters. The summed E-state index contributed by atoms with van der Waals surface area (Å²) in [6.07, 6.45) is 1.84. The van der Waals surface area contributed by atoms with Gasteiger partial charge >= 0.3 is 0 Å². The standard InChI is InChI=1S/C20H30N6O2S.HI/c1-24(2)16(15-5-6-17(27-3)18(13-15)28-4)14-23-19(21)25-8-10-26(11-9-25)20-22-7-12-29-20;/h5-7,12-13,16H,8-11,14H2,1-4H3,(H2,21,23);1H. The van der Waals surface area contributed by atoms with Gasteiger partial charge in [-0.05, 0) is 31.8 Å². The second-order valence-corrected chi connectivity index (χ2v) is 7.95. The highest BCUT2D eigenvalue weighted by molar-refractivity contribution is 14.0. The number of halogens is 1. The van der Waals surface area contributed by atoms with Crippen molar-refractivity contribution in [3.05, 3.63) is 35.3 Å². The lowest BCUT2D eigenvalue weighted by molar-refractivity contribution is 0.301. The van der Waals surface area contributed by atoms with Gasteiger partial charge in [0, 0.05) is 37.8 Å². The largest absolute Gasteiger partial charge is 0.493 e. The number of aromatic nitrogens is 1. The Kier molecular flexibility index (Phi) is 9.43. The van der Waals surface area contributed by atoms with Crippen LogP contribution in [0.5, 0.6) is 11.5 Å². The number of nitrogens with two attached hydrogens (primary N) is 1. The predicted octanol–water partition coefficient (Wildman–Crippen LogP) is 2.52. The summed E-state index contributed by atoms with van der Waals surface area (Å²) in [5.74, 6) is 2.03. The molecular weight excluding hydrogens is 515 g/mol. The monoisotopic (exact) mass is 546 g/mol. The van der Waals surface area contributed by atoms with Gasteiger partial charge in [0.25, 0.3) is 0 Å². The highest BCUT2D eigenvalue weighted by Crippen LogP contribution is 2.31. The molecule has 2 N–H and O–H groups in total. The fraction of sp³-hybridized carbons (Fsp3) is 0.500. The highest BCUT2D eigenvalue weighted by atomic mass is 127. The maximum Gasteiger partial charge on any atom is 0.191 e. The molecule has 0 aliphatic carbocycles. The van der Waals surface area contributed by atoms with Gasteiger partial charge in [-0.25, -0.2) is 4.98 Å². The first-order valence-electron chi connectivity index (χ1n) is 9.61. The van der Waals surface area contributed by atoms with Crippen LogP contribution in [-0.4, -0.2) is 81.8 Å². The van der Waals surface area contributed by atoms with Crippen molar-refractivity contribution in [2.45, 2.75) is 6.04 Å². The summed E-state index contributed by atoms with van der Waals surface area (Å²) in [5.41, 5.74) is 7.43. The van der Waals surface area contributed by atoms with Gasteiger partial charge in [-0.1, -0.05) is 6.07 Å². The zero-order valence-corrected chi connectivity index (χ0v) is 21.1. The lowest BCUT2D eigenvalue weighted by Gasteiger charge is -2.35. The number of likely N-dealkylation sites (N-methyl/N-ethyl adjacent to an activating group) is 1. The number of nitrogens with zero attached hydrogens (tertiary/aromatic N) is 5. The molecule has 0 saturated carbocycles. The predicted molar refractivity (Wildman–Crippen MR) is 134 cm³/mol. The molecule has 2 heterocycles. The Morgan fingerprint density at radius 3 is 2.47 bits per heavy atom. The number of aliphatic imine (C=N–C) groups is 1. The average Bonchev–Trinajstić information content (AvgIpc) is 3.28. The number of thiazole rings is 1. The van der Waals surface area contributed by atoms with E-state index < -0.39 is 0 Å². The SMILES string of the molecule is COc1ccc(C(CN=C(N)N2CCN(c3nccs3)CC2)N(C)C)cc1OC.I. The maximum absolute atomic E-state index is 6.32. The quantitative estimate of drug-likeness (QED) is 0.325. The summed E-state index contributed by atoms with van der Waals surface area (Å²) in [6.45, 7) is 4.06. The number of anilines is 1. The van der Waals surface area contributed by atoms with Crippen LogP contribution in [0.15, 0.2) is 34.8 Å². The van der Waals surface area contributed by atoms with Crippen LogP contribution in [0, 0.1) is 0 Å². The van der Waals surface area contributed by atoms with Crippen LogP contribution in [0.25, 0.3) is 0 Å². The van der Waals surface area contributed by atoms with E-state index >= 15 is 0 Å². The topological polar surface area (TPSA) is 79.5 Å². The van der Waals surface area contributed by atoms with Crippen molar-refractivity contribution in [3.63, 3.8) is 0 Å². The van der Waals surface area contributed by atoms with Crippen LogP contribution in [0.1, 0.15) is 11.6 Å². The van der Waals surface area contributed by atoms with Crippen molar-refractivity contribution < 1.29 is 9.47 Å². The molecular formula is C20H31IN6O2S. The number of ether oxygens (including phenoxy) is 2. The first-order valence-corrected chi connectivity index (χ1v) is 10.5. The molecule has 0 spiro atoms. The lowest BCUT2D eigenvalue weighted by Crippen LogP contribution is -2.51. The van der Waals surface area contributed by atoms with E-state index in [9.17, 15) is 0 Å². The second kappa shape index (κ2) is 11.6. The fourth-order valence-corrected chi connectivity index (χ4v) is 4.10. The van der Waals surface area contributed by atoms with Crippen molar-refractivity contribution in [1.29, 1.82) is 0 Å². The molecule has 1 atom stereocenters. The van der Waals surface area contributed by atoms with E-state index in [1.807, 2.05) is 43.9 Å². The Hall–Kier alpha value is -1.79. The molecule has 10 heteroatoms. The number of hydrogen-bond donors (Lipinski definition) is 1. The lowest BCUT2D eigenvalue weighted by atomic mass is 10.1. The Balaban J connectivity index is 0.00000320. The summed E-state index contributed by atoms with van der Waals surface area (Å²) in [6, 6.07) is 6.06. The molecule has 8 nitrogen and oxygen atoms in total. The zero-order valence-electron chi connectivity index (χ0n) is 17.9. The van der Waals surface area contributed by atoms with Crippen LogP contribution in [-0.2, 0) is 0 Å². The van der Waals surface area contributed by atoms with E-state index in [0.29, 0.717) is 18.3 Å². The van der Waals surface area contributed by atoms with Crippen molar-refractivity contribution in [3.8, 4) is 11.5 Å². The van der Waals surface area contributed by atoms with Crippen molar-refractivity contribution in [1.82, 2.24) is 14.8 Å². The molecule has 30 heavy (non-hydrogen) atoms. The Bertz CT molecular complexity index is 810. The van der Waals surface area contributed by atoms with Crippen molar-refractivity contribution in [2.75, 3.05) is 65.9 Å². The van der Waals surface area contributed by atoms with E-state index in [-0.39, 0.29) is 30.0 Å². The third kappa shape index (κ3) is 5.88. The normalized spacial score (nSPS) is 15.7. The molecule has 1 fully saturated rings. The second-order valence-electron chi connectivity index (χ2n) is 7.08. The number of piperazine rings is 1. The minimum atomic E-state index is 0. The third-order valence-electron chi connectivity index (χ3n) is 5.14. The van der Waals surface area contributed by atoms with Crippen LogP contribution >= 0.6 is 35.3 Å². The number of methoxy groups -OCH3 is 2. The van der Waals surface area contributed by atoms with Gasteiger partial charge in [0.2, 0.25) is 0 Å². The van der Waals surface area contributed by atoms with E-state index in [2.05, 4.69) is 19.7 Å². The van der Waals surface area contributed by atoms with Crippen LogP contribution in [0.2, 0.25) is 0 Å². The van der Waals surface area contributed by atoms with Gasteiger partial charge < -0.3 is 29.9 Å². The smallest absolute Gasteiger partial charge is 0.191 e. The molecule has 1 aliphatic heterocycles. The first kappa shape index (κ1) is 24.5. The molecule has 2 aromatic rings.